The highest BCUT2D eigenvalue weighted by atomic mass is 16.6. The average Bonchev–Trinajstić information content (AvgIpc) is 3.96. The molecule has 4 nitrogen and oxygen atoms in total. The van der Waals surface area contributed by atoms with Crippen LogP contribution in [0.5, 0.6) is 0 Å². The molecule has 3 heterocycles. The normalized spacial score (nSPS) is 19.8. The Morgan fingerprint density at radius 3 is 1.47 bits per heavy atom. The van der Waals surface area contributed by atoms with Crippen molar-refractivity contribution in [1.82, 2.24) is 0 Å². The van der Waals surface area contributed by atoms with Crippen LogP contribution in [0.15, 0.2) is 121 Å². The average molecular weight is 620 g/mol. The van der Waals surface area contributed by atoms with Gasteiger partial charge in [0.15, 0.2) is 0 Å². The molecule has 3 aliphatic heterocycles. The topological polar surface area (TPSA) is 40.8 Å². The summed E-state index contributed by atoms with van der Waals surface area (Å²) < 4.78 is 16.4. The van der Waals surface area contributed by atoms with E-state index in [1.807, 2.05) is 0 Å². The third-order valence-corrected chi connectivity index (χ3v) is 9.46. The van der Waals surface area contributed by atoms with Crippen molar-refractivity contribution in [2.24, 2.45) is 0 Å². The molecule has 0 radical (unpaired) electrons. The minimum atomic E-state index is 0.258. The lowest BCUT2D eigenvalue weighted by atomic mass is 9.94. The number of aryl methyl sites for hydroxylation is 3. The van der Waals surface area contributed by atoms with Gasteiger partial charge in [-0.15, -0.1) is 0 Å². The van der Waals surface area contributed by atoms with Gasteiger partial charge < -0.3 is 19.1 Å². The lowest BCUT2D eigenvalue weighted by molar-refractivity contribution is 0.396. The molecule has 0 spiro atoms. The number of hydrogen-bond donors (Lipinski definition) is 0. The van der Waals surface area contributed by atoms with Gasteiger partial charge in [-0.3, -0.25) is 0 Å². The maximum atomic E-state index is 5.51. The monoisotopic (exact) mass is 619 g/mol. The van der Waals surface area contributed by atoms with Crippen LogP contribution in [0.4, 0.5) is 17.1 Å². The second kappa shape index (κ2) is 13.3. The van der Waals surface area contributed by atoms with Crippen LogP contribution in [-0.4, -0.2) is 32.0 Å². The maximum absolute atomic E-state index is 5.51. The standard InChI is InChI=1S/C43H41NO3/c1-30-2-12-34(13-3-30)42(35-14-16-36(17-15-35)43-29-47-43)26-33-8-22-39(23-9-33)44(37-18-4-31(5-19-37)10-24-40-27-45-40)38-20-6-32(7-21-38)11-25-41-28-46-41/h2-9,12-23,26,40-41,43H,10-11,24-25,27-29H2,1H3/t40-,41?,43?/m0/s1. The zero-order valence-electron chi connectivity index (χ0n) is 27.0. The first-order valence-electron chi connectivity index (χ1n) is 17.0. The third kappa shape index (κ3) is 7.58. The van der Waals surface area contributed by atoms with E-state index in [1.54, 1.807) is 0 Å². The number of ether oxygens (including phenoxy) is 3. The summed E-state index contributed by atoms with van der Waals surface area (Å²) in [5, 5.41) is 0. The highest BCUT2D eigenvalue weighted by Crippen LogP contribution is 2.37. The van der Waals surface area contributed by atoms with E-state index < -0.39 is 0 Å². The molecular formula is C43H41NO3. The molecule has 0 aromatic heterocycles. The summed E-state index contributed by atoms with van der Waals surface area (Å²) in [5.41, 5.74) is 13.4. The zero-order valence-corrected chi connectivity index (χ0v) is 27.0. The van der Waals surface area contributed by atoms with Crippen molar-refractivity contribution in [2.45, 2.75) is 50.9 Å². The van der Waals surface area contributed by atoms with Crippen LogP contribution < -0.4 is 4.90 Å². The van der Waals surface area contributed by atoms with Gasteiger partial charge in [0, 0.05) is 17.1 Å². The molecule has 2 unspecified atom stereocenters. The Hall–Kier alpha value is -4.48. The van der Waals surface area contributed by atoms with Gasteiger partial charge in [-0.25, -0.2) is 0 Å². The fourth-order valence-electron chi connectivity index (χ4n) is 6.27. The van der Waals surface area contributed by atoms with Crippen LogP contribution in [0.25, 0.3) is 11.6 Å². The summed E-state index contributed by atoms with van der Waals surface area (Å²) in [6.07, 6.45) is 7.74. The Morgan fingerprint density at radius 2 is 1.02 bits per heavy atom. The Bertz CT molecular complexity index is 1750. The molecule has 3 fully saturated rings. The summed E-state index contributed by atoms with van der Waals surface area (Å²) in [7, 11) is 0. The second-order valence-electron chi connectivity index (χ2n) is 13.1. The van der Waals surface area contributed by atoms with Crippen LogP contribution in [0.2, 0.25) is 0 Å². The summed E-state index contributed by atoms with van der Waals surface area (Å²) in [4.78, 5) is 2.36. The molecule has 3 aliphatic rings. The van der Waals surface area contributed by atoms with E-state index in [1.165, 1.54) is 39.0 Å². The van der Waals surface area contributed by atoms with Crippen molar-refractivity contribution in [1.29, 1.82) is 0 Å². The molecule has 0 N–H and O–H groups in total. The quantitative estimate of drug-likeness (QED) is 0.0972. The van der Waals surface area contributed by atoms with Gasteiger partial charge in [0.2, 0.25) is 0 Å². The maximum Gasteiger partial charge on any atom is 0.106 e. The Kier molecular flexibility index (Phi) is 8.48. The number of nitrogens with zero attached hydrogens (tertiary/aromatic N) is 1. The molecule has 236 valence electrons. The smallest absolute Gasteiger partial charge is 0.106 e. The summed E-state index contributed by atoms with van der Waals surface area (Å²) in [6, 6.07) is 44.7. The van der Waals surface area contributed by atoms with Crippen molar-refractivity contribution in [3.05, 3.63) is 160 Å². The molecule has 5 aromatic rings. The molecular weight excluding hydrogens is 578 g/mol. The predicted octanol–water partition coefficient (Wildman–Crippen LogP) is 9.79. The predicted molar refractivity (Wildman–Crippen MR) is 191 cm³/mol. The molecule has 3 saturated heterocycles. The zero-order chi connectivity index (χ0) is 31.6. The van der Waals surface area contributed by atoms with Crippen LogP contribution in [0.3, 0.4) is 0 Å². The van der Waals surface area contributed by atoms with E-state index in [4.69, 9.17) is 14.2 Å². The fourth-order valence-corrected chi connectivity index (χ4v) is 6.27. The fraction of sp³-hybridized carbons (Fsp3) is 0.256. The SMILES string of the molecule is Cc1ccc(C(=Cc2ccc(N(c3ccc(CCC4CO4)cc3)c3ccc(CC[C@H]4CO4)cc3)cc2)c2ccc(C3CO3)cc2)cc1. The molecule has 5 aromatic carbocycles. The molecule has 3 atom stereocenters. The van der Waals surface area contributed by atoms with Crippen molar-refractivity contribution >= 4 is 28.7 Å². The van der Waals surface area contributed by atoms with Gasteiger partial charge in [-0.05, 0) is 114 Å². The molecule has 4 heteroatoms. The van der Waals surface area contributed by atoms with E-state index in [0.717, 1.165) is 68.1 Å². The molecule has 0 bridgehead atoms. The van der Waals surface area contributed by atoms with Crippen molar-refractivity contribution < 1.29 is 14.2 Å². The van der Waals surface area contributed by atoms with E-state index in [9.17, 15) is 0 Å². The van der Waals surface area contributed by atoms with Gasteiger partial charge in [0.1, 0.15) is 6.10 Å². The lowest BCUT2D eigenvalue weighted by Crippen LogP contribution is -2.10. The van der Waals surface area contributed by atoms with Crippen molar-refractivity contribution in [3.8, 4) is 0 Å². The van der Waals surface area contributed by atoms with E-state index >= 15 is 0 Å². The summed E-state index contributed by atoms with van der Waals surface area (Å²) in [6.45, 7) is 4.78. The number of hydrogen-bond acceptors (Lipinski definition) is 4. The first kappa shape index (κ1) is 29.9. The van der Waals surface area contributed by atoms with E-state index in [-0.39, 0.29) is 6.10 Å². The highest BCUT2D eigenvalue weighted by Gasteiger charge is 2.25. The van der Waals surface area contributed by atoms with Crippen LogP contribution >= 0.6 is 0 Å². The minimum Gasteiger partial charge on any atom is -0.373 e. The van der Waals surface area contributed by atoms with Crippen LogP contribution in [-0.2, 0) is 27.1 Å². The van der Waals surface area contributed by atoms with Gasteiger partial charge in [0.05, 0.1) is 32.0 Å². The third-order valence-electron chi connectivity index (χ3n) is 9.46. The summed E-state index contributed by atoms with van der Waals surface area (Å²) in [5.74, 6) is 0. The molecule has 0 amide bonds. The second-order valence-corrected chi connectivity index (χ2v) is 13.1. The highest BCUT2D eigenvalue weighted by molar-refractivity contribution is 5.92. The number of rotatable bonds is 13. The molecule has 0 aliphatic carbocycles. The number of epoxide rings is 3. The minimum absolute atomic E-state index is 0.258. The number of anilines is 3. The van der Waals surface area contributed by atoms with Gasteiger partial charge in [-0.1, -0.05) is 90.5 Å². The molecule has 0 saturated carbocycles. The van der Waals surface area contributed by atoms with E-state index in [2.05, 4.69) is 139 Å². The van der Waals surface area contributed by atoms with E-state index in [0.29, 0.717) is 12.2 Å². The van der Waals surface area contributed by atoms with Crippen molar-refractivity contribution in [3.63, 3.8) is 0 Å². The van der Waals surface area contributed by atoms with Gasteiger partial charge in [-0.2, -0.15) is 0 Å². The van der Waals surface area contributed by atoms with Crippen LogP contribution in [0.1, 0.15) is 57.9 Å². The van der Waals surface area contributed by atoms with Crippen LogP contribution in [0, 0.1) is 6.92 Å². The first-order chi connectivity index (χ1) is 23.1. The van der Waals surface area contributed by atoms with Gasteiger partial charge >= 0.3 is 0 Å². The first-order valence-corrected chi connectivity index (χ1v) is 17.0. The Morgan fingerprint density at radius 1 is 0.574 bits per heavy atom. The molecule has 47 heavy (non-hydrogen) atoms. The number of benzene rings is 5. The van der Waals surface area contributed by atoms with Crippen molar-refractivity contribution in [2.75, 3.05) is 24.7 Å². The summed E-state index contributed by atoms with van der Waals surface area (Å²) >= 11 is 0. The van der Waals surface area contributed by atoms with Gasteiger partial charge in [0.25, 0.3) is 0 Å². The molecule has 8 rings (SSSR count). The lowest BCUT2D eigenvalue weighted by Gasteiger charge is -2.26. The largest absolute Gasteiger partial charge is 0.373 e. The Labute approximate surface area is 278 Å². The Balaban J connectivity index is 1.10.